The number of rotatable bonds is 6. The number of carbonyl (C=O) groups excluding carboxylic acids is 1. The van der Waals surface area contributed by atoms with Crippen LogP contribution in [0.5, 0.6) is 0 Å². The highest BCUT2D eigenvalue weighted by molar-refractivity contribution is 9.10. The topological polar surface area (TPSA) is 108 Å². The largest absolute Gasteiger partial charge is 0.345 e. The Labute approximate surface area is 134 Å². The Morgan fingerprint density at radius 3 is 2.55 bits per heavy atom. The summed E-state index contributed by atoms with van der Waals surface area (Å²) in [6.07, 6.45) is 2.73. The number of aryl methyl sites for hydroxylation is 2. The molecular weight excluding hydrogens is 356 g/mol. The Morgan fingerprint density at radius 2 is 1.95 bits per heavy atom. The van der Waals surface area contributed by atoms with Crippen LogP contribution in [0.2, 0.25) is 0 Å². The zero-order valence-electron chi connectivity index (χ0n) is 12.1. The third kappa shape index (κ3) is 3.01. The minimum absolute atomic E-state index is 0.0498. The molecule has 0 aliphatic rings. The highest BCUT2D eigenvalue weighted by Gasteiger charge is 2.26. The monoisotopic (exact) mass is 370 g/mol. The summed E-state index contributed by atoms with van der Waals surface area (Å²) in [5.74, 6) is -0.540. The Hall–Kier alpha value is -2.23. The minimum atomic E-state index is -0.611. The van der Waals surface area contributed by atoms with Gasteiger partial charge in [0, 0.05) is 13.1 Å². The molecule has 0 aromatic carbocycles. The number of amides is 1. The van der Waals surface area contributed by atoms with E-state index in [9.17, 15) is 14.9 Å². The molecule has 0 fully saturated rings. The second-order valence-electron chi connectivity index (χ2n) is 4.39. The molecule has 0 bridgehead atoms. The summed E-state index contributed by atoms with van der Waals surface area (Å²) in [5, 5.41) is 21.7. The van der Waals surface area contributed by atoms with Crippen LogP contribution < -0.4 is 5.32 Å². The molecule has 0 aliphatic carbocycles. The summed E-state index contributed by atoms with van der Waals surface area (Å²) in [4.78, 5) is 22.7. The van der Waals surface area contributed by atoms with Gasteiger partial charge in [0.05, 0.1) is 27.8 Å². The van der Waals surface area contributed by atoms with Crippen molar-refractivity contribution in [1.82, 2.24) is 24.9 Å². The van der Waals surface area contributed by atoms with E-state index >= 15 is 0 Å². The highest BCUT2D eigenvalue weighted by atomic mass is 79.9. The van der Waals surface area contributed by atoms with E-state index in [1.54, 1.807) is 17.8 Å². The van der Waals surface area contributed by atoms with Gasteiger partial charge in [0.25, 0.3) is 5.91 Å². The molecule has 0 unspecified atom stereocenters. The van der Waals surface area contributed by atoms with Gasteiger partial charge in [-0.3, -0.25) is 24.3 Å². The third-order valence-corrected chi connectivity index (χ3v) is 3.81. The average Bonchev–Trinajstić information content (AvgIpc) is 3.08. The SMILES string of the molecule is CCn1ncc(Br)c1CNC(=O)c1c([N+](=O)[O-])cnn1CC. The lowest BCUT2D eigenvalue weighted by molar-refractivity contribution is -0.385. The summed E-state index contributed by atoms with van der Waals surface area (Å²) < 4.78 is 3.81. The average molecular weight is 371 g/mol. The first-order chi connectivity index (χ1) is 10.5. The number of halogens is 1. The maximum Gasteiger partial charge on any atom is 0.320 e. The Bertz CT molecular complexity index is 708. The first-order valence-corrected chi connectivity index (χ1v) is 7.47. The molecule has 0 atom stereocenters. The van der Waals surface area contributed by atoms with Gasteiger partial charge in [-0.25, -0.2) is 0 Å². The normalized spacial score (nSPS) is 10.7. The molecular formula is C12H15BrN6O3. The first-order valence-electron chi connectivity index (χ1n) is 6.68. The molecule has 1 N–H and O–H groups in total. The van der Waals surface area contributed by atoms with Crippen LogP contribution in [0.3, 0.4) is 0 Å². The fourth-order valence-corrected chi connectivity index (χ4v) is 2.50. The summed E-state index contributed by atoms with van der Waals surface area (Å²) in [6.45, 7) is 4.92. The molecule has 2 heterocycles. The van der Waals surface area contributed by atoms with Gasteiger partial charge < -0.3 is 5.32 Å². The molecule has 2 aromatic rings. The van der Waals surface area contributed by atoms with Crippen LogP contribution in [0.15, 0.2) is 16.9 Å². The number of aromatic nitrogens is 4. The number of carbonyl (C=O) groups is 1. The van der Waals surface area contributed by atoms with E-state index in [0.717, 1.165) is 16.4 Å². The van der Waals surface area contributed by atoms with Gasteiger partial charge in [-0.1, -0.05) is 0 Å². The lowest BCUT2D eigenvalue weighted by Gasteiger charge is -2.08. The summed E-state index contributed by atoms with van der Waals surface area (Å²) in [7, 11) is 0. The van der Waals surface area contributed by atoms with E-state index in [0.29, 0.717) is 13.1 Å². The molecule has 0 aliphatic heterocycles. The van der Waals surface area contributed by atoms with Crippen LogP contribution >= 0.6 is 15.9 Å². The standard InChI is InChI=1S/C12H15BrN6O3/c1-3-17-9(8(13)5-15-17)6-14-12(20)11-10(19(21)22)7-16-18(11)4-2/h5,7H,3-4,6H2,1-2H3,(H,14,20). The van der Waals surface area contributed by atoms with Crippen LogP contribution in [-0.4, -0.2) is 30.4 Å². The number of nitrogens with one attached hydrogen (secondary N) is 1. The highest BCUT2D eigenvalue weighted by Crippen LogP contribution is 2.19. The molecule has 2 aromatic heterocycles. The third-order valence-electron chi connectivity index (χ3n) is 3.15. The number of hydrogen-bond donors (Lipinski definition) is 1. The Kier molecular flexibility index (Phi) is 4.91. The molecule has 118 valence electrons. The van der Waals surface area contributed by atoms with E-state index in [4.69, 9.17) is 0 Å². The zero-order valence-corrected chi connectivity index (χ0v) is 13.7. The van der Waals surface area contributed by atoms with Crippen molar-refractivity contribution in [3.63, 3.8) is 0 Å². The van der Waals surface area contributed by atoms with Gasteiger partial charge in [0.15, 0.2) is 0 Å². The summed E-state index contributed by atoms with van der Waals surface area (Å²) in [5.41, 5.74) is 0.440. The fraction of sp³-hybridized carbons (Fsp3) is 0.417. The predicted octanol–water partition coefficient (Wildman–Crippen LogP) is 1.72. The lowest BCUT2D eigenvalue weighted by Crippen LogP contribution is -2.27. The molecule has 0 saturated heterocycles. The molecule has 0 saturated carbocycles. The van der Waals surface area contributed by atoms with Crippen LogP contribution in [0.25, 0.3) is 0 Å². The van der Waals surface area contributed by atoms with Crippen LogP contribution in [0, 0.1) is 10.1 Å². The number of nitro groups is 1. The zero-order chi connectivity index (χ0) is 16.3. The van der Waals surface area contributed by atoms with Crippen molar-refractivity contribution < 1.29 is 9.72 Å². The maximum atomic E-state index is 12.3. The molecule has 2 rings (SSSR count). The molecule has 1 amide bonds. The van der Waals surface area contributed by atoms with Crippen LogP contribution in [0.4, 0.5) is 5.69 Å². The van der Waals surface area contributed by atoms with Gasteiger partial charge in [0.2, 0.25) is 5.69 Å². The minimum Gasteiger partial charge on any atom is -0.345 e. The van der Waals surface area contributed by atoms with Crippen LogP contribution in [0.1, 0.15) is 30.0 Å². The van der Waals surface area contributed by atoms with Gasteiger partial charge >= 0.3 is 5.69 Å². The second-order valence-corrected chi connectivity index (χ2v) is 5.24. The summed E-state index contributed by atoms with van der Waals surface area (Å²) >= 11 is 3.36. The maximum absolute atomic E-state index is 12.3. The van der Waals surface area contributed by atoms with Crippen molar-refractivity contribution in [2.45, 2.75) is 33.5 Å². The van der Waals surface area contributed by atoms with E-state index in [2.05, 4.69) is 31.4 Å². The molecule has 0 spiro atoms. The molecule has 10 heteroatoms. The van der Waals surface area contributed by atoms with Crippen molar-refractivity contribution in [2.24, 2.45) is 0 Å². The molecule has 0 radical (unpaired) electrons. The number of nitrogens with zero attached hydrogens (tertiary/aromatic N) is 5. The summed E-state index contributed by atoms with van der Waals surface area (Å²) in [6, 6.07) is 0. The smallest absolute Gasteiger partial charge is 0.320 e. The quantitative estimate of drug-likeness (QED) is 0.615. The van der Waals surface area contributed by atoms with Crippen molar-refractivity contribution in [3.05, 3.63) is 38.4 Å². The fourth-order valence-electron chi connectivity index (χ4n) is 2.07. The van der Waals surface area contributed by atoms with Crippen molar-refractivity contribution in [1.29, 1.82) is 0 Å². The van der Waals surface area contributed by atoms with Gasteiger partial charge in [-0.2, -0.15) is 10.2 Å². The molecule has 22 heavy (non-hydrogen) atoms. The van der Waals surface area contributed by atoms with Crippen molar-refractivity contribution in [3.8, 4) is 0 Å². The molecule has 9 nitrogen and oxygen atoms in total. The van der Waals surface area contributed by atoms with Crippen LogP contribution in [-0.2, 0) is 19.6 Å². The first kappa shape index (κ1) is 16.1. The predicted molar refractivity (Wildman–Crippen MR) is 81.3 cm³/mol. The Morgan fingerprint density at radius 1 is 1.32 bits per heavy atom. The van der Waals surface area contributed by atoms with E-state index in [-0.39, 0.29) is 17.9 Å². The number of hydrogen-bond acceptors (Lipinski definition) is 5. The van der Waals surface area contributed by atoms with E-state index in [1.165, 1.54) is 4.68 Å². The van der Waals surface area contributed by atoms with E-state index in [1.807, 2.05) is 6.92 Å². The van der Waals surface area contributed by atoms with Gasteiger partial charge in [-0.05, 0) is 29.8 Å². The van der Waals surface area contributed by atoms with Crippen molar-refractivity contribution in [2.75, 3.05) is 0 Å². The second kappa shape index (κ2) is 6.69. The van der Waals surface area contributed by atoms with Crippen molar-refractivity contribution >= 4 is 27.5 Å². The van der Waals surface area contributed by atoms with E-state index < -0.39 is 10.8 Å². The van der Waals surface area contributed by atoms with Gasteiger partial charge in [0.1, 0.15) is 6.20 Å². The Balaban J connectivity index is 2.21. The lowest BCUT2D eigenvalue weighted by atomic mass is 10.3. The van der Waals surface area contributed by atoms with Gasteiger partial charge in [-0.15, -0.1) is 0 Å².